The van der Waals surface area contributed by atoms with Crippen LogP contribution >= 0.6 is 0 Å². The molecule has 0 bridgehead atoms. The molecule has 1 aliphatic heterocycles. The van der Waals surface area contributed by atoms with Crippen molar-refractivity contribution in [3.05, 3.63) is 0 Å². The van der Waals surface area contributed by atoms with Gasteiger partial charge in [0.1, 0.15) is 0 Å². The van der Waals surface area contributed by atoms with Crippen LogP contribution in [0.15, 0.2) is 0 Å². The van der Waals surface area contributed by atoms with E-state index in [9.17, 15) is 9.59 Å². The molecule has 1 heterocycles. The second-order valence-corrected chi connectivity index (χ2v) is 5.64. The number of nitrogens with zero attached hydrogens (tertiary/aromatic N) is 2. The van der Waals surface area contributed by atoms with Crippen LogP contribution in [0, 0.1) is 0 Å². The first-order chi connectivity index (χ1) is 8.29. The van der Waals surface area contributed by atoms with Gasteiger partial charge >= 0.3 is 0 Å². The maximum Gasteiger partial charge on any atom is 0.239 e. The summed E-state index contributed by atoms with van der Waals surface area (Å²) in [6, 6.07) is -0.408. The fraction of sp³-hybridized carbons (Fsp3) is 0.846. The fourth-order valence-corrected chi connectivity index (χ4v) is 2.60. The molecule has 0 aromatic rings. The normalized spacial score (nSPS) is 20.7. The molecular formula is C13H25N3O2. The molecule has 1 aliphatic rings. The standard InChI is InChI=1S/C13H25N3O2/c1-5-6-11(14)12(18)15-7-8-16(10(2)17)13(3,4)9-15/h11H,5-9,14H2,1-4H3. The van der Waals surface area contributed by atoms with Crippen LogP contribution in [0.5, 0.6) is 0 Å². The highest BCUT2D eigenvalue weighted by molar-refractivity contribution is 5.82. The highest BCUT2D eigenvalue weighted by Crippen LogP contribution is 2.21. The lowest BCUT2D eigenvalue weighted by atomic mass is 9.97. The number of piperazine rings is 1. The second kappa shape index (κ2) is 5.69. The van der Waals surface area contributed by atoms with Gasteiger partial charge in [-0.05, 0) is 20.3 Å². The Morgan fingerprint density at radius 1 is 1.33 bits per heavy atom. The van der Waals surface area contributed by atoms with E-state index in [0.717, 1.165) is 6.42 Å². The summed E-state index contributed by atoms with van der Waals surface area (Å²) in [5.41, 5.74) is 5.56. The van der Waals surface area contributed by atoms with Crippen molar-refractivity contribution in [2.75, 3.05) is 19.6 Å². The second-order valence-electron chi connectivity index (χ2n) is 5.64. The zero-order valence-electron chi connectivity index (χ0n) is 11.9. The zero-order valence-corrected chi connectivity index (χ0v) is 11.9. The van der Waals surface area contributed by atoms with Crippen LogP contribution < -0.4 is 5.73 Å². The van der Waals surface area contributed by atoms with Gasteiger partial charge in [0.15, 0.2) is 0 Å². The van der Waals surface area contributed by atoms with E-state index in [-0.39, 0.29) is 17.4 Å². The maximum atomic E-state index is 12.1. The molecule has 1 unspecified atom stereocenters. The molecule has 1 saturated heterocycles. The molecule has 0 aromatic heterocycles. The lowest BCUT2D eigenvalue weighted by Crippen LogP contribution is -2.63. The SMILES string of the molecule is CCCC(N)C(=O)N1CCN(C(C)=O)C(C)(C)C1. The average Bonchev–Trinajstić information content (AvgIpc) is 2.26. The van der Waals surface area contributed by atoms with Crippen molar-refractivity contribution in [2.24, 2.45) is 5.73 Å². The molecule has 0 spiro atoms. The van der Waals surface area contributed by atoms with Crippen LogP contribution in [0.1, 0.15) is 40.5 Å². The Labute approximate surface area is 109 Å². The molecule has 1 fully saturated rings. The molecular weight excluding hydrogens is 230 g/mol. The minimum absolute atomic E-state index is 0.00753. The summed E-state index contributed by atoms with van der Waals surface area (Å²) in [5, 5.41) is 0. The largest absolute Gasteiger partial charge is 0.337 e. The lowest BCUT2D eigenvalue weighted by Gasteiger charge is -2.47. The molecule has 0 aliphatic carbocycles. The predicted octanol–water partition coefficient (Wildman–Crippen LogP) is 0.583. The van der Waals surface area contributed by atoms with E-state index in [1.54, 1.807) is 11.8 Å². The van der Waals surface area contributed by atoms with Crippen molar-refractivity contribution in [1.29, 1.82) is 0 Å². The monoisotopic (exact) mass is 255 g/mol. The van der Waals surface area contributed by atoms with Crippen molar-refractivity contribution in [3.8, 4) is 0 Å². The summed E-state index contributed by atoms with van der Waals surface area (Å²) >= 11 is 0. The third kappa shape index (κ3) is 3.22. The van der Waals surface area contributed by atoms with Crippen LogP contribution in [-0.2, 0) is 9.59 Å². The van der Waals surface area contributed by atoms with Gasteiger partial charge in [0, 0.05) is 26.6 Å². The number of carbonyl (C=O) groups excluding carboxylic acids is 2. The number of nitrogens with two attached hydrogens (primary N) is 1. The molecule has 0 saturated carbocycles. The summed E-state index contributed by atoms with van der Waals surface area (Å²) in [6.45, 7) is 9.29. The number of carbonyl (C=O) groups is 2. The van der Waals surface area contributed by atoms with Crippen molar-refractivity contribution in [2.45, 2.75) is 52.1 Å². The Balaban J connectivity index is 2.69. The van der Waals surface area contributed by atoms with Gasteiger partial charge in [-0.2, -0.15) is 0 Å². The highest BCUT2D eigenvalue weighted by Gasteiger charge is 2.37. The van der Waals surface area contributed by atoms with E-state index < -0.39 is 6.04 Å². The smallest absolute Gasteiger partial charge is 0.239 e. The Morgan fingerprint density at radius 3 is 2.39 bits per heavy atom. The van der Waals surface area contributed by atoms with Crippen LogP contribution in [0.25, 0.3) is 0 Å². The fourth-order valence-electron chi connectivity index (χ4n) is 2.60. The molecule has 18 heavy (non-hydrogen) atoms. The maximum absolute atomic E-state index is 12.1. The Morgan fingerprint density at radius 2 is 1.94 bits per heavy atom. The van der Waals surface area contributed by atoms with E-state index in [1.165, 1.54) is 0 Å². The van der Waals surface area contributed by atoms with Gasteiger partial charge in [0.05, 0.1) is 11.6 Å². The molecule has 1 atom stereocenters. The van der Waals surface area contributed by atoms with Gasteiger partial charge in [-0.15, -0.1) is 0 Å². The van der Waals surface area contributed by atoms with Gasteiger partial charge in [-0.3, -0.25) is 9.59 Å². The quantitative estimate of drug-likeness (QED) is 0.802. The molecule has 0 radical (unpaired) electrons. The van der Waals surface area contributed by atoms with E-state index >= 15 is 0 Å². The Kier molecular flexibility index (Phi) is 4.73. The van der Waals surface area contributed by atoms with Gasteiger partial charge in [-0.1, -0.05) is 13.3 Å². The van der Waals surface area contributed by atoms with Crippen LogP contribution in [0.4, 0.5) is 0 Å². The van der Waals surface area contributed by atoms with E-state index in [1.807, 2.05) is 25.7 Å². The Bertz CT molecular complexity index is 328. The van der Waals surface area contributed by atoms with Crippen molar-refractivity contribution < 1.29 is 9.59 Å². The summed E-state index contributed by atoms with van der Waals surface area (Å²) in [6.07, 6.45) is 1.62. The summed E-state index contributed by atoms with van der Waals surface area (Å²) < 4.78 is 0. The number of hydrogen-bond acceptors (Lipinski definition) is 3. The third-order valence-corrected chi connectivity index (χ3v) is 3.51. The Hall–Kier alpha value is -1.10. The number of hydrogen-bond donors (Lipinski definition) is 1. The average molecular weight is 255 g/mol. The number of amides is 2. The first-order valence-electron chi connectivity index (χ1n) is 6.62. The molecule has 2 amide bonds. The molecule has 2 N–H and O–H groups in total. The number of rotatable bonds is 3. The van der Waals surface area contributed by atoms with E-state index in [4.69, 9.17) is 5.73 Å². The van der Waals surface area contributed by atoms with Crippen molar-refractivity contribution >= 4 is 11.8 Å². The van der Waals surface area contributed by atoms with E-state index in [2.05, 4.69) is 0 Å². The molecule has 5 heteroatoms. The van der Waals surface area contributed by atoms with E-state index in [0.29, 0.717) is 26.1 Å². The zero-order chi connectivity index (χ0) is 13.9. The topological polar surface area (TPSA) is 66.6 Å². The third-order valence-electron chi connectivity index (χ3n) is 3.51. The summed E-state index contributed by atoms with van der Waals surface area (Å²) in [4.78, 5) is 27.3. The van der Waals surface area contributed by atoms with Crippen LogP contribution in [0.2, 0.25) is 0 Å². The van der Waals surface area contributed by atoms with Crippen LogP contribution in [0.3, 0.4) is 0 Å². The summed E-state index contributed by atoms with van der Waals surface area (Å²) in [7, 11) is 0. The highest BCUT2D eigenvalue weighted by atomic mass is 16.2. The first-order valence-corrected chi connectivity index (χ1v) is 6.62. The molecule has 0 aromatic carbocycles. The molecule has 5 nitrogen and oxygen atoms in total. The lowest BCUT2D eigenvalue weighted by molar-refractivity contribution is -0.146. The van der Waals surface area contributed by atoms with Crippen LogP contribution in [-0.4, -0.2) is 52.8 Å². The molecule has 1 rings (SSSR count). The van der Waals surface area contributed by atoms with Gasteiger partial charge in [0.25, 0.3) is 0 Å². The van der Waals surface area contributed by atoms with Gasteiger partial charge in [0.2, 0.25) is 11.8 Å². The predicted molar refractivity (Wildman–Crippen MR) is 70.9 cm³/mol. The van der Waals surface area contributed by atoms with Gasteiger partial charge < -0.3 is 15.5 Å². The summed E-state index contributed by atoms with van der Waals surface area (Å²) in [5.74, 6) is 0.0677. The first kappa shape index (κ1) is 15.0. The van der Waals surface area contributed by atoms with Crippen molar-refractivity contribution in [3.63, 3.8) is 0 Å². The van der Waals surface area contributed by atoms with Crippen molar-refractivity contribution in [1.82, 2.24) is 9.80 Å². The minimum Gasteiger partial charge on any atom is -0.337 e. The molecule has 104 valence electrons. The van der Waals surface area contributed by atoms with Gasteiger partial charge in [-0.25, -0.2) is 0 Å². The minimum atomic E-state index is -0.408.